The van der Waals surface area contributed by atoms with E-state index in [9.17, 15) is 19.1 Å². The summed E-state index contributed by atoms with van der Waals surface area (Å²) in [5.74, 6) is -1.20. The van der Waals surface area contributed by atoms with Crippen LogP contribution < -0.4 is 5.32 Å². The van der Waals surface area contributed by atoms with Crippen molar-refractivity contribution in [2.45, 2.75) is 32.2 Å². The van der Waals surface area contributed by atoms with Crippen molar-refractivity contribution in [1.82, 2.24) is 10.2 Å². The van der Waals surface area contributed by atoms with E-state index < -0.39 is 11.4 Å². The molecule has 6 heteroatoms. The second kappa shape index (κ2) is 8.76. The van der Waals surface area contributed by atoms with E-state index in [1.165, 1.54) is 12.1 Å². The van der Waals surface area contributed by atoms with Gasteiger partial charge in [-0.2, -0.15) is 0 Å². The third-order valence-corrected chi connectivity index (χ3v) is 4.70. The molecule has 0 saturated carbocycles. The first-order valence-corrected chi connectivity index (χ1v) is 8.53. The summed E-state index contributed by atoms with van der Waals surface area (Å²) in [6.07, 6.45) is 3.85. The number of halogens is 1. The molecule has 0 radical (unpaired) electrons. The highest BCUT2D eigenvalue weighted by Crippen LogP contribution is 2.34. The maximum atomic E-state index is 12.8. The van der Waals surface area contributed by atoms with E-state index in [4.69, 9.17) is 0 Å². The Labute approximate surface area is 147 Å². The molecule has 1 aromatic rings. The van der Waals surface area contributed by atoms with Crippen molar-refractivity contribution in [3.05, 3.63) is 48.3 Å². The van der Waals surface area contributed by atoms with Gasteiger partial charge in [-0.05, 0) is 43.5 Å². The van der Waals surface area contributed by atoms with Gasteiger partial charge in [-0.1, -0.05) is 18.2 Å². The molecule has 1 fully saturated rings. The first-order valence-electron chi connectivity index (χ1n) is 8.53. The van der Waals surface area contributed by atoms with Gasteiger partial charge in [0.25, 0.3) is 0 Å². The number of carbonyl (C=O) groups excluding carboxylic acids is 1. The molecule has 136 valence electrons. The molecule has 0 bridgehead atoms. The number of carboxylic acids is 1. The normalized spacial score (nSPS) is 20.8. The molecule has 0 unspecified atom stereocenters. The number of rotatable bonds is 8. The predicted molar refractivity (Wildman–Crippen MR) is 93.4 cm³/mol. The second-order valence-electron chi connectivity index (χ2n) is 6.61. The third-order valence-electron chi connectivity index (χ3n) is 4.70. The highest BCUT2D eigenvalue weighted by molar-refractivity contribution is 5.76. The number of allylic oxidation sites excluding steroid dienone is 1. The first kappa shape index (κ1) is 19.1. The summed E-state index contributed by atoms with van der Waals surface area (Å²) in [4.78, 5) is 25.7. The SMILES string of the molecule is C=CC[C@]1(C(=O)O)CCCN(CCC(=O)NCc2ccc(F)cc2)C1. The largest absolute Gasteiger partial charge is 0.481 e. The molecular formula is C19H25FN2O3. The van der Waals surface area contributed by atoms with Gasteiger partial charge >= 0.3 is 5.97 Å². The van der Waals surface area contributed by atoms with Gasteiger partial charge in [0.2, 0.25) is 5.91 Å². The Balaban J connectivity index is 1.79. The van der Waals surface area contributed by atoms with Crippen LogP contribution >= 0.6 is 0 Å². The van der Waals surface area contributed by atoms with Crippen LogP contribution in [0, 0.1) is 11.2 Å². The fourth-order valence-corrected chi connectivity index (χ4v) is 3.27. The molecule has 1 amide bonds. The Bertz CT molecular complexity index is 618. The van der Waals surface area contributed by atoms with E-state index in [2.05, 4.69) is 11.9 Å². The van der Waals surface area contributed by atoms with Crippen LogP contribution in [0.25, 0.3) is 0 Å². The van der Waals surface area contributed by atoms with E-state index >= 15 is 0 Å². The lowest BCUT2D eigenvalue weighted by Crippen LogP contribution is -2.48. The Kier molecular flexibility index (Phi) is 6.70. The minimum atomic E-state index is -0.794. The zero-order valence-corrected chi connectivity index (χ0v) is 14.3. The Hall–Kier alpha value is -2.21. The summed E-state index contributed by atoms with van der Waals surface area (Å²) in [5, 5.41) is 12.4. The second-order valence-corrected chi connectivity index (χ2v) is 6.61. The van der Waals surface area contributed by atoms with Gasteiger partial charge in [0.1, 0.15) is 5.82 Å². The molecule has 0 aromatic heterocycles. The van der Waals surface area contributed by atoms with Crippen LogP contribution in [0.1, 0.15) is 31.2 Å². The monoisotopic (exact) mass is 348 g/mol. The summed E-state index contributed by atoms with van der Waals surface area (Å²) >= 11 is 0. The van der Waals surface area contributed by atoms with E-state index in [-0.39, 0.29) is 11.7 Å². The summed E-state index contributed by atoms with van der Waals surface area (Å²) in [5.41, 5.74) is 0.0496. The van der Waals surface area contributed by atoms with Crippen molar-refractivity contribution in [2.24, 2.45) is 5.41 Å². The van der Waals surface area contributed by atoms with Gasteiger partial charge < -0.3 is 15.3 Å². The van der Waals surface area contributed by atoms with Crippen molar-refractivity contribution in [3.8, 4) is 0 Å². The van der Waals surface area contributed by atoms with Gasteiger partial charge in [-0.3, -0.25) is 9.59 Å². The van der Waals surface area contributed by atoms with Crippen LogP contribution in [-0.2, 0) is 16.1 Å². The van der Waals surface area contributed by atoms with Gasteiger partial charge in [0.15, 0.2) is 0 Å². The minimum absolute atomic E-state index is 0.0976. The van der Waals surface area contributed by atoms with Gasteiger partial charge in [0, 0.05) is 26.1 Å². The topological polar surface area (TPSA) is 69.6 Å². The van der Waals surface area contributed by atoms with E-state index in [0.717, 1.165) is 18.5 Å². The molecule has 1 heterocycles. The van der Waals surface area contributed by atoms with Crippen molar-refractivity contribution >= 4 is 11.9 Å². The summed E-state index contributed by atoms with van der Waals surface area (Å²) in [7, 11) is 0. The molecule has 1 saturated heterocycles. The maximum Gasteiger partial charge on any atom is 0.311 e. The quantitative estimate of drug-likeness (QED) is 0.709. The molecule has 1 aromatic carbocycles. The first-order chi connectivity index (χ1) is 11.9. The van der Waals surface area contributed by atoms with Crippen molar-refractivity contribution in [3.63, 3.8) is 0 Å². The fourth-order valence-electron chi connectivity index (χ4n) is 3.27. The smallest absolute Gasteiger partial charge is 0.311 e. The van der Waals surface area contributed by atoms with Crippen LogP contribution in [0.15, 0.2) is 36.9 Å². The molecule has 0 aliphatic carbocycles. The molecular weight excluding hydrogens is 323 g/mol. The highest BCUT2D eigenvalue weighted by atomic mass is 19.1. The van der Waals surface area contributed by atoms with E-state index in [0.29, 0.717) is 38.9 Å². The Morgan fingerprint density at radius 3 is 2.72 bits per heavy atom. The predicted octanol–water partition coefficient (Wildman–Crippen LogP) is 2.57. The van der Waals surface area contributed by atoms with Gasteiger partial charge in [-0.25, -0.2) is 4.39 Å². The zero-order chi connectivity index (χ0) is 18.3. The van der Waals surface area contributed by atoms with Crippen LogP contribution in [0.3, 0.4) is 0 Å². The van der Waals surface area contributed by atoms with Crippen molar-refractivity contribution in [1.29, 1.82) is 0 Å². The number of carbonyl (C=O) groups is 2. The number of aliphatic carboxylic acids is 1. The lowest BCUT2D eigenvalue weighted by molar-refractivity contribution is -0.152. The number of likely N-dealkylation sites (tertiary alicyclic amines) is 1. The molecule has 2 N–H and O–H groups in total. The Morgan fingerprint density at radius 1 is 1.36 bits per heavy atom. The molecule has 0 spiro atoms. The van der Waals surface area contributed by atoms with Crippen LogP contribution in [-0.4, -0.2) is 41.5 Å². The number of nitrogens with zero attached hydrogens (tertiary/aromatic N) is 1. The highest BCUT2D eigenvalue weighted by Gasteiger charge is 2.41. The number of benzene rings is 1. The molecule has 1 atom stereocenters. The molecule has 25 heavy (non-hydrogen) atoms. The average molecular weight is 348 g/mol. The standard InChI is InChI=1S/C19H25FN2O3/c1-2-9-19(18(24)25)10-3-11-22(14-19)12-8-17(23)21-13-15-4-6-16(20)7-5-15/h2,4-7H,1,3,8-14H2,(H,21,23)(H,24,25)/t19-/m0/s1. The van der Waals surface area contributed by atoms with Crippen molar-refractivity contribution in [2.75, 3.05) is 19.6 Å². The summed E-state index contributed by atoms with van der Waals surface area (Å²) in [6, 6.07) is 5.99. The van der Waals surface area contributed by atoms with E-state index in [1.54, 1.807) is 18.2 Å². The number of carboxylic acid groups (broad SMARTS) is 1. The molecule has 1 aliphatic heterocycles. The fraction of sp³-hybridized carbons (Fsp3) is 0.474. The minimum Gasteiger partial charge on any atom is -0.481 e. The number of amides is 1. The lowest BCUT2D eigenvalue weighted by Gasteiger charge is -2.39. The van der Waals surface area contributed by atoms with Crippen molar-refractivity contribution < 1.29 is 19.1 Å². The van der Waals surface area contributed by atoms with E-state index in [1.807, 2.05) is 4.90 Å². The molecule has 5 nitrogen and oxygen atoms in total. The van der Waals surface area contributed by atoms with Gasteiger partial charge in [-0.15, -0.1) is 6.58 Å². The number of piperidine rings is 1. The summed E-state index contributed by atoms with van der Waals surface area (Å²) < 4.78 is 12.8. The number of hydrogen-bond donors (Lipinski definition) is 2. The van der Waals surface area contributed by atoms with Crippen LogP contribution in [0.5, 0.6) is 0 Å². The van der Waals surface area contributed by atoms with Gasteiger partial charge in [0.05, 0.1) is 5.41 Å². The maximum absolute atomic E-state index is 12.8. The van der Waals surface area contributed by atoms with Crippen LogP contribution in [0.2, 0.25) is 0 Å². The molecule has 1 aliphatic rings. The molecule has 2 rings (SSSR count). The number of hydrogen-bond acceptors (Lipinski definition) is 3. The summed E-state index contributed by atoms with van der Waals surface area (Å²) in [6.45, 7) is 5.80. The van der Waals surface area contributed by atoms with Crippen LogP contribution in [0.4, 0.5) is 4.39 Å². The Morgan fingerprint density at radius 2 is 2.08 bits per heavy atom. The zero-order valence-electron chi connectivity index (χ0n) is 14.3. The average Bonchev–Trinajstić information content (AvgIpc) is 2.60. The number of nitrogens with one attached hydrogen (secondary N) is 1. The third kappa shape index (κ3) is 5.39. The lowest BCUT2D eigenvalue weighted by atomic mass is 9.77.